The van der Waals surface area contributed by atoms with Crippen LogP contribution in [0.1, 0.15) is 20.7 Å². The molecule has 2 aromatic heterocycles. The van der Waals surface area contributed by atoms with Gasteiger partial charge in [-0.15, -0.1) is 0 Å². The van der Waals surface area contributed by atoms with Gasteiger partial charge in [0.25, 0.3) is 11.8 Å². The van der Waals surface area contributed by atoms with E-state index < -0.39 is 17.2 Å². The van der Waals surface area contributed by atoms with E-state index in [9.17, 15) is 14.4 Å². The van der Waals surface area contributed by atoms with E-state index in [1.165, 1.54) is 12.3 Å². The average molecular weight is 469 g/mol. The number of nitrogens with one attached hydrogen (secondary N) is 3. The molecule has 34 heavy (non-hydrogen) atoms. The molecule has 0 atom stereocenters. The van der Waals surface area contributed by atoms with E-state index in [2.05, 4.69) is 20.8 Å². The molecule has 166 valence electrons. The van der Waals surface area contributed by atoms with Crippen molar-refractivity contribution in [3.63, 3.8) is 0 Å². The Morgan fingerprint density at radius 2 is 1.50 bits per heavy atom. The lowest BCUT2D eigenvalue weighted by atomic mass is 10.0. The minimum absolute atomic E-state index is 0.153. The number of pyridine rings is 2. The van der Waals surface area contributed by atoms with Crippen LogP contribution in [0, 0.1) is 0 Å². The van der Waals surface area contributed by atoms with Crippen LogP contribution in [-0.2, 0) is 0 Å². The normalized spacial score (nSPS) is 10.9. The predicted molar refractivity (Wildman–Crippen MR) is 132 cm³/mol. The highest BCUT2D eigenvalue weighted by Crippen LogP contribution is 2.24. The quantitative estimate of drug-likeness (QED) is 0.340. The average Bonchev–Trinajstić information content (AvgIpc) is 2.87. The molecule has 0 saturated carbocycles. The van der Waals surface area contributed by atoms with Crippen LogP contribution in [0.5, 0.6) is 0 Å². The molecule has 0 aliphatic carbocycles. The maximum absolute atomic E-state index is 13.1. The number of aromatic amines is 1. The summed E-state index contributed by atoms with van der Waals surface area (Å²) in [5.74, 6) is -1.29. The second-order valence-electron chi connectivity index (χ2n) is 7.57. The van der Waals surface area contributed by atoms with Crippen molar-refractivity contribution >= 4 is 45.2 Å². The number of aromatic nitrogens is 2. The van der Waals surface area contributed by atoms with Crippen LogP contribution in [-0.4, -0.2) is 21.8 Å². The van der Waals surface area contributed by atoms with Crippen LogP contribution in [0.25, 0.3) is 33.1 Å². The van der Waals surface area contributed by atoms with Crippen molar-refractivity contribution in [2.24, 2.45) is 0 Å². The topological polar surface area (TPSA) is 104 Å². The molecule has 0 aliphatic heterocycles. The Kier molecular flexibility index (Phi) is 5.53. The highest BCUT2D eigenvalue weighted by atomic mass is 35.5. The van der Waals surface area contributed by atoms with Crippen molar-refractivity contribution in [2.75, 3.05) is 0 Å². The van der Waals surface area contributed by atoms with E-state index in [1.54, 1.807) is 30.3 Å². The van der Waals surface area contributed by atoms with Crippen LogP contribution in [0.4, 0.5) is 0 Å². The Hall–Kier alpha value is -4.49. The van der Waals surface area contributed by atoms with Crippen LogP contribution in [0.15, 0.2) is 89.9 Å². The molecule has 7 nitrogen and oxygen atoms in total. The fourth-order valence-electron chi connectivity index (χ4n) is 3.73. The van der Waals surface area contributed by atoms with Crippen molar-refractivity contribution in [1.29, 1.82) is 0 Å². The number of hydrogen-bond donors (Lipinski definition) is 3. The smallest absolute Gasteiger partial charge is 0.275 e. The van der Waals surface area contributed by atoms with E-state index in [0.29, 0.717) is 32.7 Å². The van der Waals surface area contributed by atoms with Gasteiger partial charge in [-0.1, -0.05) is 60.1 Å². The Balaban J connectivity index is 1.44. The van der Waals surface area contributed by atoms with E-state index in [4.69, 9.17) is 11.6 Å². The predicted octanol–water partition coefficient (Wildman–Crippen LogP) is 4.47. The molecule has 5 rings (SSSR count). The van der Waals surface area contributed by atoms with Crippen molar-refractivity contribution in [2.45, 2.75) is 0 Å². The lowest BCUT2D eigenvalue weighted by molar-refractivity contribution is 0.0847. The third-order valence-electron chi connectivity index (χ3n) is 5.41. The van der Waals surface area contributed by atoms with Gasteiger partial charge in [0.05, 0.1) is 16.8 Å². The molecule has 0 spiro atoms. The number of fused-ring (bicyclic) bond motifs is 2. The first-order chi connectivity index (χ1) is 16.5. The highest BCUT2D eigenvalue weighted by molar-refractivity contribution is 6.31. The van der Waals surface area contributed by atoms with Crippen LogP contribution in [0.3, 0.4) is 0 Å². The number of benzene rings is 3. The molecule has 0 fully saturated rings. The fraction of sp³-hybridized carbons (Fsp3) is 0. The van der Waals surface area contributed by atoms with Gasteiger partial charge in [-0.05, 0) is 30.3 Å². The van der Waals surface area contributed by atoms with Gasteiger partial charge in [-0.25, -0.2) is 4.98 Å². The summed E-state index contributed by atoms with van der Waals surface area (Å²) in [6.07, 6.45) is 1.30. The van der Waals surface area contributed by atoms with Gasteiger partial charge in [-0.2, -0.15) is 0 Å². The SMILES string of the molecule is O=C(NNC(=O)c1cc(-c2ccccc2)nc2ccccc12)c1c[nH]c2ccc(Cl)cc2c1=O. The highest BCUT2D eigenvalue weighted by Gasteiger charge is 2.17. The molecule has 5 aromatic rings. The molecule has 0 radical (unpaired) electrons. The van der Waals surface area contributed by atoms with Gasteiger partial charge < -0.3 is 4.98 Å². The summed E-state index contributed by atoms with van der Waals surface area (Å²) in [4.78, 5) is 46.1. The lowest BCUT2D eigenvalue weighted by Crippen LogP contribution is -2.43. The number of amides is 2. The van der Waals surface area contributed by atoms with Crippen molar-refractivity contribution < 1.29 is 9.59 Å². The van der Waals surface area contributed by atoms with Gasteiger partial charge >= 0.3 is 0 Å². The second kappa shape index (κ2) is 8.80. The Morgan fingerprint density at radius 1 is 0.794 bits per heavy atom. The van der Waals surface area contributed by atoms with Crippen LogP contribution < -0.4 is 16.3 Å². The van der Waals surface area contributed by atoms with Gasteiger partial charge in [0.1, 0.15) is 5.56 Å². The largest absolute Gasteiger partial charge is 0.360 e. The zero-order valence-electron chi connectivity index (χ0n) is 17.6. The molecule has 3 N–H and O–H groups in total. The minimum atomic E-state index is -0.752. The molecular weight excluding hydrogens is 452 g/mol. The number of carbonyl (C=O) groups excluding carboxylic acids is 2. The van der Waals surface area contributed by atoms with E-state index >= 15 is 0 Å². The summed E-state index contributed by atoms with van der Waals surface area (Å²) in [6, 6.07) is 23.2. The number of H-pyrrole nitrogens is 1. The summed E-state index contributed by atoms with van der Waals surface area (Å²) < 4.78 is 0. The van der Waals surface area contributed by atoms with E-state index in [1.807, 2.05) is 42.5 Å². The number of hydrazine groups is 1. The first-order valence-corrected chi connectivity index (χ1v) is 10.8. The molecule has 3 aromatic carbocycles. The zero-order chi connectivity index (χ0) is 23.7. The summed E-state index contributed by atoms with van der Waals surface area (Å²) in [6.45, 7) is 0. The standard InChI is InChI=1S/C26H17ClN4O3/c27-16-10-11-21-19(12-16)24(32)20(14-28-21)26(34)31-30-25(33)18-13-23(15-6-2-1-3-7-15)29-22-9-5-4-8-17(18)22/h1-14H,(H,28,32)(H,30,33)(H,31,34). The molecule has 0 bridgehead atoms. The number of hydrogen-bond acceptors (Lipinski definition) is 4. The van der Waals surface area contributed by atoms with E-state index in [0.717, 1.165) is 5.56 Å². The zero-order valence-corrected chi connectivity index (χ0v) is 18.4. The van der Waals surface area contributed by atoms with E-state index in [-0.39, 0.29) is 10.9 Å². The third kappa shape index (κ3) is 4.00. The molecule has 2 heterocycles. The summed E-state index contributed by atoms with van der Waals surface area (Å²) >= 11 is 5.98. The number of halogens is 1. The number of rotatable bonds is 3. The van der Waals surface area contributed by atoms with Gasteiger partial charge in [0.2, 0.25) is 5.43 Å². The molecule has 8 heteroatoms. The first-order valence-electron chi connectivity index (χ1n) is 10.4. The summed E-state index contributed by atoms with van der Waals surface area (Å²) in [5, 5.41) is 1.29. The molecule has 0 aliphatic rings. The number of carbonyl (C=O) groups is 2. The Morgan fingerprint density at radius 3 is 2.29 bits per heavy atom. The summed E-state index contributed by atoms with van der Waals surface area (Å²) in [7, 11) is 0. The number of nitrogens with zero attached hydrogens (tertiary/aromatic N) is 1. The van der Waals surface area contributed by atoms with Crippen molar-refractivity contribution in [3.8, 4) is 11.3 Å². The Bertz CT molecular complexity index is 1630. The molecule has 2 amide bonds. The van der Waals surface area contributed by atoms with Crippen LogP contribution in [0.2, 0.25) is 5.02 Å². The lowest BCUT2D eigenvalue weighted by Gasteiger charge is -2.11. The fourth-order valence-corrected chi connectivity index (χ4v) is 3.90. The maximum Gasteiger partial charge on any atom is 0.275 e. The van der Waals surface area contributed by atoms with Gasteiger partial charge in [0, 0.05) is 33.1 Å². The van der Waals surface area contributed by atoms with Crippen molar-refractivity contribution in [1.82, 2.24) is 20.8 Å². The molecule has 0 saturated heterocycles. The van der Waals surface area contributed by atoms with Gasteiger partial charge in [0.15, 0.2) is 0 Å². The Labute approximate surface area is 198 Å². The second-order valence-corrected chi connectivity index (χ2v) is 8.00. The first kappa shape index (κ1) is 21.4. The molecule has 0 unspecified atom stereocenters. The van der Waals surface area contributed by atoms with Crippen LogP contribution >= 0.6 is 11.6 Å². The summed E-state index contributed by atoms with van der Waals surface area (Å²) in [5.41, 5.74) is 7.09. The van der Waals surface area contributed by atoms with Crippen molar-refractivity contribution in [3.05, 3.63) is 111 Å². The van der Waals surface area contributed by atoms with Gasteiger partial charge in [-0.3, -0.25) is 25.2 Å². The molecular formula is C26H17ClN4O3. The number of para-hydroxylation sites is 1. The monoisotopic (exact) mass is 468 g/mol. The maximum atomic E-state index is 13.1. The minimum Gasteiger partial charge on any atom is -0.360 e. The third-order valence-corrected chi connectivity index (χ3v) is 5.64.